The van der Waals surface area contributed by atoms with Gasteiger partial charge in [-0.15, -0.1) is 0 Å². The second-order valence-electron chi connectivity index (χ2n) is 5.38. The first-order valence-corrected chi connectivity index (χ1v) is 7.92. The largest absolute Gasteiger partial charge is 0.367 e. The van der Waals surface area contributed by atoms with E-state index in [0.717, 1.165) is 35.5 Å². The summed E-state index contributed by atoms with van der Waals surface area (Å²) in [5, 5.41) is 0. The molecule has 1 saturated heterocycles. The van der Waals surface area contributed by atoms with Gasteiger partial charge < -0.3 is 16.4 Å². The third kappa shape index (κ3) is 2.99. The maximum atomic E-state index is 11.7. The summed E-state index contributed by atoms with van der Waals surface area (Å²) in [6, 6.07) is 6.02. The van der Waals surface area contributed by atoms with Gasteiger partial charge in [0, 0.05) is 23.6 Å². The van der Waals surface area contributed by atoms with Crippen molar-refractivity contribution in [2.75, 3.05) is 18.0 Å². The molecule has 1 heterocycles. The van der Waals surface area contributed by atoms with Crippen LogP contribution >= 0.6 is 15.9 Å². The standard InChI is InChI=1S/C15H22BrN3O/c1-2-10-6-7-19(11(8-10)9-17)13-5-3-4-12(16)14(13)15(18)20/h3-5,10-11H,2,6-9,17H2,1H3,(H2,18,20). The number of amides is 1. The molecule has 0 radical (unpaired) electrons. The molecule has 2 rings (SSSR count). The third-order valence-electron chi connectivity index (χ3n) is 4.22. The molecule has 110 valence electrons. The van der Waals surface area contributed by atoms with Gasteiger partial charge in [-0.1, -0.05) is 19.4 Å². The van der Waals surface area contributed by atoms with Gasteiger partial charge in [-0.2, -0.15) is 0 Å². The number of halogens is 1. The normalized spacial score (nSPS) is 22.9. The quantitative estimate of drug-likeness (QED) is 0.885. The minimum Gasteiger partial charge on any atom is -0.367 e. The third-order valence-corrected chi connectivity index (χ3v) is 4.88. The van der Waals surface area contributed by atoms with Gasteiger partial charge in [0.2, 0.25) is 0 Å². The maximum absolute atomic E-state index is 11.7. The lowest BCUT2D eigenvalue weighted by molar-refractivity contribution is 0.1000. The monoisotopic (exact) mass is 339 g/mol. The van der Waals surface area contributed by atoms with Crippen molar-refractivity contribution >= 4 is 27.5 Å². The summed E-state index contributed by atoms with van der Waals surface area (Å²) in [6.07, 6.45) is 3.40. The molecular formula is C15H22BrN3O. The van der Waals surface area contributed by atoms with Crippen LogP contribution in [-0.4, -0.2) is 25.0 Å². The minimum atomic E-state index is -0.402. The first-order chi connectivity index (χ1) is 9.58. The fourth-order valence-electron chi connectivity index (χ4n) is 3.04. The highest BCUT2D eigenvalue weighted by atomic mass is 79.9. The van der Waals surface area contributed by atoms with E-state index in [-0.39, 0.29) is 6.04 Å². The second-order valence-corrected chi connectivity index (χ2v) is 6.23. The van der Waals surface area contributed by atoms with Crippen molar-refractivity contribution < 1.29 is 4.79 Å². The molecule has 1 fully saturated rings. The number of hydrogen-bond donors (Lipinski definition) is 2. The Labute approximate surface area is 128 Å². The van der Waals surface area contributed by atoms with Crippen molar-refractivity contribution in [1.82, 2.24) is 0 Å². The van der Waals surface area contributed by atoms with Crippen molar-refractivity contribution in [3.63, 3.8) is 0 Å². The van der Waals surface area contributed by atoms with E-state index in [9.17, 15) is 4.79 Å². The maximum Gasteiger partial charge on any atom is 0.251 e. The fraction of sp³-hybridized carbons (Fsp3) is 0.533. The average molecular weight is 340 g/mol. The summed E-state index contributed by atoms with van der Waals surface area (Å²) < 4.78 is 0.746. The van der Waals surface area contributed by atoms with Crippen LogP contribution in [0.15, 0.2) is 22.7 Å². The molecule has 1 aromatic carbocycles. The van der Waals surface area contributed by atoms with Crippen LogP contribution < -0.4 is 16.4 Å². The van der Waals surface area contributed by atoms with Crippen LogP contribution in [0.1, 0.15) is 36.5 Å². The summed E-state index contributed by atoms with van der Waals surface area (Å²) in [5.74, 6) is 0.324. The van der Waals surface area contributed by atoms with Crippen LogP contribution in [0, 0.1) is 5.92 Å². The lowest BCUT2D eigenvalue weighted by atomic mass is 9.88. The average Bonchev–Trinajstić information content (AvgIpc) is 2.45. The molecule has 5 heteroatoms. The highest BCUT2D eigenvalue weighted by Crippen LogP contribution is 2.34. The second kappa shape index (κ2) is 6.59. The number of rotatable bonds is 4. The number of nitrogens with zero attached hydrogens (tertiary/aromatic N) is 1. The molecule has 0 aromatic heterocycles. The molecule has 0 bridgehead atoms. The van der Waals surface area contributed by atoms with Crippen LogP contribution in [0.5, 0.6) is 0 Å². The molecule has 1 amide bonds. The number of primary amides is 1. The van der Waals surface area contributed by atoms with E-state index in [1.807, 2.05) is 18.2 Å². The summed E-state index contributed by atoms with van der Waals surface area (Å²) in [7, 11) is 0. The number of benzene rings is 1. The molecule has 1 aliphatic heterocycles. The molecule has 20 heavy (non-hydrogen) atoms. The summed E-state index contributed by atoms with van der Waals surface area (Å²) in [5.41, 5.74) is 12.9. The van der Waals surface area contributed by atoms with E-state index in [1.54, 1.807) is 0 Å². The molecule has 1 aliphatic rings. The molecule has 2 atom stereocenters. The number of piperidine rings is 1. The van der Waals surface area contributed by atoms with Crippen molar-refractivity contribution in [3.8, 4) is 0 Å². The van der Waals surface area contributed by atoms with Crippen LogP contribution in [0.25, 0.3) is 0 Å². The Balaban J connectivity index is 2.35. The van der Waals surface area contributed by atoms with E-state index < -0.39 is 5.91 Å². The molecule has 2 unspecified atom stereocenters. The van der Waals surface area contributed by atoms with E-state index in [1.165, 1.54) is 6.42 Å². The first kappa shape index (κ1) is 15.3. The van der Waals surface area contributed by atoms with Crippen molar-refractivity contribution in [2.45, 2.75) is 32.2 Å². The van der Waals surface area contributed by atoms with Crippen molar-refractivity contribution in [2.24, 2.45) is 17.4 Å². The lowest BCUT2D eigenvalue weighted by Crippen LogP contribution is -2.47. The Morgan fingerprint density at radius 1 is 1.50 bits per heavy atom. The van der Waals surface area contributed by atoms with E-state index in [4.69, 9.17) is 11.5 Å². The van der Waals surface area contributed by atoms with Crippen LogP contribution in [0.3, 0.4) is 0 Å². The Bertz CT molecular complexity index is 492. The van der Waals surface area contributed by atoms with E-state index in [0.29, 0.717) is 12.1 Å². The molecule has 1 aromatic rings. The molecule has 0 saturated carbocycles. The van der Waals surface area contributed by atoms with Crippen LogP contribution in [-0.2, 0) is 0 Å². The number of hydrogen-bond acceptors (Lipinski definition) is 3. The summed E-state index contributed by atoms with van der Waals surface area (Å²) >= 11 is 3.42. The zero-order valence-corrected chi connectivity index (χ0v) is 13.4. The predicted octanol–water partition coefficient (Wildman–Crippen LogP) is 2.50. The van der Waals surface area contributed by atoms with Crippen LogP contribution in [0.4, 0.5) is 5.69 Å². The smallest absolute Gasteiger partial charge is 0.251 e. The zero-order chi connectivity index (χ0) is 14.7. The first-order valence-electron chi connectivity index (χ1n) is 7.13. The van der Waals surface area contributed by atoms with Gasteiger partial charge in [0.1, 0.15) is 0 Å². The number of nitrogens with two attached hydrogens (primary N) is 2. The zero-order valence-electron chi connectivity index (χ0n) is 11.8. The molecule has 0 aliphatic carbocycles. The Hall–Kier alpha value is -1.07. The van der Waals surface area contributed by atoms with Gasteiger partial charge in [0.25, 0.3) is 5.91 Å². The molecule has 4 nitrogen and oxygen atoms in total. The number of carbonyl (C=O) groups excluding carboxylic acids is 1. The van der Waals surface area contributed by atoms with Crippen molar-refractivity contribution in [3.05, 3.63) is 28.2 Å². The van der Waals surface area contributed by atoms with Gasteiger partial charge in [0.15, 0.2) is 0 Å². The minimum absolute atomic E-state index is 0.279. The lowest BCUT2D eigenvalue weighted by Gasteiger charge is -2.41. The van der Waals surface area contributed by atoms with Crippen LogP contribution in [0.2, 0.25) is 0 Å². The summed E-state index contributed by atoms with van der Waals surface area (Å²) in [4.78, 5) is 14.0. The topological polar surface area (TPSA) is 72.3 Å². The highest BCUT2D eigenvalue weighted by molar-refractivity contribution is 9.10. The van der Waals surface area contributed by atoms with Gasteiger partial charge >= 0.3 is 0 Å². The fourth-order valence-corrected chi connectivity index (χ4v) is 3.59. The SMILES string of the molecule is CCC1CCN(c2cccc(Br)c2C(N)=O)C(CN)C1. The van der Waals surface area contributed by atoms with Gasteiger partial charge in [-0.05, 0) is 46.8 Å². The Morgan fingerprint density at radius 2 is 2.25 bits per heavy atom. The molecular weight excluding hydrogens is 318 g/mol. The predicted molar refractivity (Wildman–Crippen MR) is 85.9 cm³/mol. The molecule has 0 spiro atoms. The number of anilines is 1. The highest BCUT2D eigenvalue weighted by Gasteiger charge is 2.29. The van der Waals surface area contributed by atoms with Gasteiger partial charge in [0.05, 0.1) is 11.3 Å². The van der Waals surface area contributed by atoms with E-state index in [2.05, 4.69) is 27.8 Å². The van der Waals surface area contributed by atoms with Gasteiger partial charge in [-0.25, -0.2) is 0 Å². The Morgan fingerprint density at radius 3 is 2.85 bits per heavy atom. The molecule has 4 N–H and O–H groups in total. The van der Waals surface area contributed by atoms with Gasteiger partial charge in [-0.3, -0.25) is 4.79 Å². The summed E-state index contributed by atoms with van der Waals surface area (Å²) in [6.45, 7) is 3.75. The Kier molecular flexibility index (Phi) is 5.05. The number of carbonyl (C=O) groups is 1. The van der Waals surface area contributed by atoms with Crippen molar-refractivity contribution in [1.29, 1.82) is 0 Å². The van der Waals surface area contributed by atoms with E-state index >= 15 is 0 Å².